The molecule has 1 rings (SSSR count). The highest BCUT2D eigenvalue weighted by Gasteiger charge is 2.22. The minimum Gasteiger partial charge on any atom is -0.469 e. The number of ether oxygens (including phenoxy) is 1. The number of carbonyl (C=O) groups excluding carboxylic acids is 1. The van der Waals surface area contributed by atoms with Crippen LogP contribution in [0, 0.1) is 6.92 Å². The van der Waals surface area contributed by atoms with Crippen molar-refractivity contribution < 1.29 is 17.9 Å². The van der Waals surface area contributed by atoms with Crippen LogP contribution < -0.4 is 4.72 Å². The number of nitrogens with one attached hydrogen (secondary N) is 1. The first-order valence-corrected chi connectivity index (χ1v) is 8.38. The second kappa shape index (κ2) is 7.16. The van der Waals surface area contributed by atoms with Crippen LogP contribution in [0.25, 0.3) is 0 Å². The van der Waals surface area contributed by atoms with Crippen molar-refractivity contribution in [1.82, 2.24) is 9.03 Å². The van der Waals surface area contributed by atoms with Gasteiger partial charge in [-0.1, -0.05) is 0 Å². The van der Waals surface area contributed by atoms with Crippen LogP contribution in [0.4, 0.5) is 0 Å². The summed E-state index contributed by atoms with van der Waals surface area (Å²) in [6, 6.07) is 3.55. The summed E-state index contributed by atoms with van der Waals surface area (Å²) in [6.45, 7) is 3.84. The normalized spacial score (nSPS) is 13.4. The van der Waals surface area contributed by atoms with Crippen molar-refractivity contribution in [2.24, 2.45) is 0 Å². The van der Waals surface area contributed by atoms with Crippen molar-refractivity contribution in [2.75, 3.05) is 20.7 Å². The van der Waals surface area contributed by atoms with Gasteiger partial charge in [-0.05, 0) is 26.0 Å². The molecule has 1 heterocycles. The van der Waals surface area contributed by atoms with Crippen LogP contribution in [0.5, 0.6) is 0 Å². The molecule has 0 aliphatic carbocycles. The van der Waals surface area contributed by atoms with Crippen LogP contribution >= 0.6 is 11.3 Å². The molecule has 0 aliphatic rings. The zero-order valence-electron chi connectivity index (χ0n) is 12.0. The van der Waals surface area contributed by atoms with Crippen molar-refractivity contribution in [3.8, 4) is 0 Å². The number of esters is 1. The molecule has 0 saturated heterocycles. The van der Waals surface area contributed by atoms with Gasteiger partial charge in [0.1, 0.15) is 0 Å². The Hall–Kier alpha value is -0.960. The van der Waals surface area contributed by atoms with Gasteiger partial charge >= 0.3 is 5.97 Å². The maximum absolute atomic E-state index is 12.1. The van der Waals surface area contributed by atoms with Crippen LogP contribution in [-0.4, -0.2) is 39.4 Å². The van der Waals surface area contributed by atoms with E-state index < -0.39 is 16.2 Å². The lowest BCUT2D eigenvalue weighted by atomic mass is 10.3. The molecule has 1 unspecified atom stereocenters. The Balaban J connectivity index is 2.62. The first-order chi connectivity index (χ1) is 9.26. The van der Waals surface area contributed by atoms with Crippen LogP contribution in [-0.2, 0) is 19.7 Å². The summed E-state index contributed by atoms with van der Waals surface area (Å²) in [4.78, 5) is 13.1. The molecule has 0 aliphatic heterocycles. The minimum absolute atomic E-state index is 0.0282. The predicted octanol–water partition coefficient (Wildman–Crippen LogP) is 1.45. The molecule has 1 aromatic heterocycles. The van der Waals surface area contributed by atoms with Crippen molar-refractivity contribution in [3.63, 3.8) is 0 Å². The molecule has 1 atom stereocenters. The molecule has 0 amide bonds. The van der Waals surface area contributed by atoms with Crippen LogP contribution in [0.3, 0.4) is 0 Å². The first kappa shape index (κ1) is 17.1. The molecule has 8 heteroatoms. The van der Waals surface area contributed by atoms with E-state index in [0.717, 1.165) is 14.1 Å². The summed E-state index contributed by atoms with van der Waals surface area (Å²) in [7, 11) is -0.918. The van der Waals surface area contributed by atoms with Crippen molar-refractivity contribution in [2.45, 2.75) is 26.3 Å². The standard InChI is InChI=1S/C12H20N2O4S2/c1-9-5-6-11(19-9)10(2)13-20(16,17)14(3)8-7-12(15)18-4/h5-6,10,13H,7-8H2,1-4H3. The molecular weight excluding hydrogens is 300 g/mol. The second-order valence-electron chi connectivity index (χ2n) is 4.44. The smallest absolute Gasteiger partial charge is 0.306 e. The molecular formula is C12H20N2O4S2. The summed E-state index contributed by atoms with van der Waals surface area (Å²) in [5.74, 6) is -0.436. The molecule has 0 saturated carbocycles. The van der Waals surface area contributed by atoms with Crippen molar-refractivity contribution in [1.29, 1.82) is 0 Å². The van der Waals surface area contributed by atoms with Crippen LogP contribution in [0.15, 0.2) is 12.1 Å². The van der Waals surface area contributed by atoms with E-state index in [1.54, 1.807) is 18.3 Å². The van der Waals surface area contributed by atoms with Crippen LogP contribution in [0.2, 0.25) is 0 Å². The highest BCUT2D eigenvalue weighted by molar-refractivity contribution is 7.87. The molecule has 0 bridgehead atoms. The number of thiophene rings is 1. The second-order valence-corrected chi connectivity index (χ2v) is 7.57. The Kier molecular flexibility index (Phi) is 6.12. The number of carbonyl (C=O) groups is 1. The molecule has 114 valence electrons. The molecule has 0 fully saturated rings. The summed E-state index contributed by atoms with van der Waals surface area (Å²) in [5, 5.41) is 0. The number of rotatable bonds is 7. The number of methoxy groups -OCH3 is 1. The zero-order valence-corrected chi connectivity index (χ0v) is 13.7. The van der Waals surface area contributed by atoms with E-state index in [0.29, 0.717) is 0 Å². The molecule has 0 spiro atoms. The molecule has 1 aromatic rings. The average molecular weight is 320 g/mol. The summed E-state index contributed by atoms with van der Waals surface area (Å²) in [5.41, 5.74) is 0. The zero-order chi connectivity index (χ0) is 15.3. The fourth-order valence-corrected chi connectivity index (χ4v) is 3.57. The quantitative estimate of drug-likeness (QED) is 0.772. The van der Waals surface area contributed by atoms with Gasteiger partial charge in [0.15, 0.2) is 0 Å². The van der Waals surface area contributed by atoms with E-state index in [2.05, 4.69) is 9.46 Å². The van der Waals surface area contributed by atoms with Gasteiger partial charge < -0.3 is 4.74 Å². The van der Waals surface area contributed by atoms with Gasteiger partial charge in [-0.3, -0.25) is 4.79 Å². The highest BCUT2D eigenvalue weighted by Crippen LogP contribution is 2.23. The lowest BCUT2D eigenvalue weighted by molar-refractivity contribution is -0.140. The third-order valence-corrected chi connectivity index (χ3v) is 5.62. The fourth-order valence-electron chi connectivity index (χ4n) is 1.53. The number of hydrogen-bond donors (Lipinski definition) is 1. The third kappa shape index (κ3) is 4.86. The minimum atomic E-state index is -3.62. The first-order valence-electron chi connectivity index (χ1n) is 6.13. The van der Waals surface area contributed by atoms with Gasteiger partial charge in [0.05, 0.1) is 19.6 Å². The lowest BCUT2D eigenvalue weighted by Gasteiger charge is -2.20. The Morgan fingerprint density at radius 2 is 2.15 bits per heavy atom. The van der Waals surface area contributed by atoms with Gasteiger partial charge in [-0.25, -0.2) is 0 Å². The number of nitrogens with zero attached hydrogens (tertiary/aromatic N) is 1. The van der Waals surface area contributed by atoms with Gasteiger partial charge in [-0.2, -0.15) is 17.4 Å². The average Bonchev–Trinajstić information content (AvgIpc) is 2.81. The summed E-state index contributed by atoms with van der Waals surface area (Å²) < 4.78 is 32.4. The summed E-state index contributed by atoms with van der Waals surface area (Å²) >= 11 is 1.55. The molecule has 6 nitrogen and oxygen atoms in total. The monoisotopic (exact) mass is 320 g/mol. The topological polar surface area (TPSA) is 75.7 Å². The SMILES string of the molecule is COC(=O)CCN(C)S(=O)(=O)NC(C)c1ccc(C)s1. The Labute approximate surface area is 123 Å². The van der Waals surface area contributed by atoms with E-state index in [-0.39, 0.29) is 19.0 Å². The van der Waals surface area contributed by atoms with Gasteiger partial charge in [0, 0.05) is 23.3 Å². The fraction of sp³-hybridized carbons (Fsp3) is 0.583. The van der Waals surface area contributed by atoms with Crippen molar-refractivity contribution >= 4 is 27.5 Å². The maximum Gasteiger partial charge on any atom is 0.306 e. The third-order valence-electron chi connectivity index (χ3n) is 2.78. The van der Waals surface area contributed by atoms with Crippen LogP contribution in [0.1, 0.15) is 29.1 Å². The molecule has 20 heavy (non-hydrogen) atoms. The van der Waals surface area contributed by atoms with E-state index >= 15 is 0 Å². The maximum atomic E-state index is 12.1. The van der Waals surface area contributed by atoms with E-state index in [4.69, 9.17) is 0 Å². The predicted molar refractivity (Wildman–Crippen MR) is 78.8 cm³/mol. The number of aryl methyl sites for hydroxylation is 1. The molecule has 0 aromatic carbocycles. The Morgan fingerprint density at radius 3 is 2.65 bits per heavy atom. The molecule has 1 N–H and O–H groups in total. The number of hydrogen-bond acceptors (Lipinski definition) is 5. The highest BCUT2D eigenvalue weighted by atomic mass is 32.2. The lowest BCUT2D eigenvalue weighted by Crippen LogP contribution is -2.40. The van der Waals surface area contributed by atoms with E-state index in [1.807, 2.05) is 19.1 Å². The van der Waals surface area contributed by atoms with Gasteiger partial charge in [0.25, 0.3) is 10.2 Å². The van der Waals surface area contributed by atoms with Gasteiger partial charge in [-0.15, -0.1) is 11.3 Å². The van der Waals surface area contributed by atoms with E-state index in [9.17, 15) is 13.2 Å². The molecule has 0 radical (unpaired) electrons. The van der Waals surface area contributed by atoms with Gasteiger partial charge in [0.2, 0.25) is 0 Å². The Bertz CT molecular complexity index is 554. The Morgan fingerprint density at radius 1 is 1.50 bits per heavy atom. The van der Waals surface area contributed by atoms with E-state index in [1.165, 1.54) is 14.2 Å². The summed E-state index contributed by atoms with van der Waals surface area (Å²) in [6.07, 6.45) is 0.0282. The largest absolute Gasteiger partial charge is 0.469 e. The van der Waals surface area contributed by atoms with Crippen molar-refractivity contribution in [3.05, 3.63) is 21.9 Å².